The lowest BCUT2D eigenvalue weighted by atomic mass is 10.1. The zero-order valence-electron chi connectivity index (χ0n) is 8.11. The third kappa shape index (κ3) is 2.40. The smallest absolute Gasteiger partial charge is 0.128 e. The number of thioether (sulfide) groups is 1. The van der Waals surface area contributed by atoms with Crippen molar-refractivity contribution < 1.29 is 4.74 Å². The maximum atomic E-state index is 5.66. The van der Waals surface area contributed by atoms with Gasteiger partial charge >= 0.3 is 0 Å². The van der Waals surface area contributed by atoms with Gasteiger partial charge in [0.05, 0.1) is 0 Å². The van der Waals surface area contributed by atoms with Gasteiger partial charge in [-0.2, -0.15) is 0 Å². The number of benzene rings is 1. The summed E-state index contributed by atoms with van der Waals surface area (Å²) in [6.45, 7) is 4.91. The van der Waals surface area contributed by atoms with Crippen LogP contribution in [-0.2, 0) is 4.74 Å². The van der Waals surface area contributed by atoms with Crippen LogP contribution in [0.2, 0.25) is 0 Å². The zero-order chi connectivity index (χ0) is 9.80. The second kappa shape index (κ2) is 4.67. The Kier molecular flexibility index (Phi) is 3.27. The minimum atomic E-state index is 0.158. The van der Waals surface area contributed by atoms with Crippen LogP contribution >= 0.6 is 11.8 Å². The molecule has 1 saturated heterocycles. The van der Waals surface area contributed by atoms with E-state index < -0.39 is 0 Å². The summed E-state index contributed by atoms with van der Waals surface area (Å²) < 4.78 is 5.66. The molecule has 0 amide bonds. The largest absolute Gasteiger partial charge is 0.363 e. The maximum absolute atomic E-state index is 5.66. The summed E-state index contributed by atoms with van der Waals surface area (Å²) in [5, 5.41) is 0. The van der Waals surface area contributed by atoms with Gasteiger partial charge in [-0.25, -0.2) is 0 Å². The van der Waals surface area contributed by atoms with Gasteiger partial charge in [0.25, 0.3) is 0 Å². The van der Waals surface area contributed by atoms with E-state index in [0.29, 0.717) is 0 Å². The maximum Gasteiger partial charge on any atom is 0.128 e. The van der Waals surface area contributed by atoms with Gasteiger partial charge < -0.3 is 4.74 Å². The lowest BCUT2D eigenvalue weighted by Crippen LogP contribution is -2.17. The van der Waals surface area contributed by atoms with Crippen LogP contribution in [0.3, 0.4) is 0 Å². The Hall–Kier alpha value is -0.730. The van der Waals surface area contributed by atoms with Crippen LogP contribution in [0.15, 0.2) is 47.4 Å². The van der Waals surface area contributed by atoms with Gasteiger partial charge in [0, 0.05) is 11.5 Å². The third-order valence-electron chi connectivity index (χ3n) is 2.23. The van der Waals surface area contributed by atoms with Crippen LogP contribution in [0.5, 0.6) is 0 Å². The van der Waals surface area contributed by atoms with E-state index in [-0.39, 0.29) is 5.44 Å². The molecule has 1 heterocycles. The molecule has 0 N–H and O–H groups in total. The highest BCUT2D eigenvalue weighted by molar-refractivity contribution is 8.00. The standard InChI is InChI=1S/C12H14OS/c1-10-6-5-9-13-12(10)14-11-7-3-2-4-8-11/h2-4,7-8,12H,1,5-6,9H2. The molecule has 2 heteroatoms. The van der Waals surface area contributed by atoms with Crippen LogP contribution < -0.4 is 0 Å². The predicted octanol–water partition coefficient (Wildman–Crippen LogP) is 3.47. The molecule has 0 radical (unpaired) electrons. The van der Waals surface area contributed by atoms with Crippen molar-refractivity contribution in [2.24, 2.45) is 0 Å². The van der Waals surface area contributed by atoms with Gasteiger partial charge in [0.2, 0.25) is 0 Å². The Morgan fingerprint density at radius 1 is 1.29 bits per heavy atom. The Labute approximate surface area is 89.2 Å². The van der Waals surface area contributed by atoms with E-state index in [0.717, 1.165) is 19.4 Å². The van der Waals surface area contributed by atoms with Crippen molar-refractivity contribution in [3.8, 4) is 0 Å². The number of ether oxygens (including phenoxy) is 1. The van der Waals surface area contributed by atoms with Crippen molar-refractivity contribution in [2.45, 2.75) is 23.2 Å². The van der Waals surface area contributed by atoms with Crippen molar-refractivity contribution >= 4 is 11.8 Å². The monoisotopic (exact) mass is 206 g/mol. The van der Waals surface area contributed by atoms with Crippen molar-refractivity contribution in [3.63, 3.8) is 0 Å². The first-order valence-corrected chi connectivity index (χ1v) is 5.75. The molecule has 0 aromatic heterocycles. The molecule has 1 aliphatic rings. The normalized spacial score (nSPS) is 22.3. The lowest BCUT2D eigenvalue weighted by molar-refractivity contribution is 0.108. The molecular weight excluding hydrogens is 192 g/mol. The molecule has 2 rings (SSSR count). The summed E-state index contributed by atoms with van der Waals surface area (Å²) in [7, 11) is 0. The zero-order valence-corrected chi connectivity index (χ0v) is 8.93. The Morgan fingerprint density at radius 3 is 2.79 bits per heavy atom. The van der Waals surface area contributed by atoms with Gasteiger partial charge in [-0.05, 0) is 30.5 Å². The van der Waals surface area contributed by atoms with Crippen LogP contribution in [-0.4, -0.2) is 12.0 Å². The van der Waals surface area contributed by atoms with E-state index in [1.165, 1.54) is 10.5 Å². The van der Waals surface area contributed by atoms with Gasteiger partial charge in [0.1, 0.15) is 5.44 Å². The lowest BCUT2D eigenvalue weighted by Gasteiger charge is -2.24. The van der Waals surface area contributed by atoms with E-state index in [1.807, 2.05) is 18.2 Å². The fourth-order valence-electron chi connectivity index (χ4n) is 1.47. The SMILES string of the molecule is C=C1CCCOC1Sc1ccccc1. The van der Waals surface area contributed by atoms with Gasteiger partial charge in [-0.3, -0.25) is 0 Å². The molecule has 0 aliphatic carbocycles. The molecule has 14 heavy (non-hydrogen) atoms. The minimum Gasteiger partial charge on any atom is -0.363 e. The summed E-state index contributed by atoms with van der Waals surface area (Å²) >= 11 is 1.75. The summed E-state index contributed by atoms with van der Waals surface area (Å²) in [6, 6.07) is 10.3. The number of hydrogen-bond acceptors (Lipinski definition) is 2. The number of rotatable bonds is 2. The molecule has 74 valence electrons. The van der Waals surface area contributed by atoms with Crippen LogP contribution in [0, 0.1) is 0 Å². The molecule has 0 bridgehead atoms. The van der Waals surface area contributed by atoms with Gasteiger partial charge in [-0.15, -0.1) is 0 Å². The fraction of sp³-hybridized carbons (Fsp3) is 0.333. The highest BCUT2D eigenvalue weighted by Crippen LogP contribution is 2.32. The van der Waals surface area contributed by atoms with Crippen molar-refractivity contribution in [3.05, 3.63) is 42.5 Å². The first-order valence-electron chi connectivity index (χ1n) is 4.87. The highest BCUT2D eigenvalue weighted by Gasteiger charge is 2.18. The molecule has 1 nitrogen and oxygen atoms in total. The Bertz CT molecular complexity index is 307. The summed E-state index contributed by atoms with van der Waals surface area (Å²) in [5.74, 6) is 0. The average molecular weight is 206 g/mol. The van der Waals surface area contributed by atoms with E-state index in [1.54, 1.807) is 11.8 Å². The molecule has 1 aromatic carbocycles. The second-order valence-corrected chi connectivity index (χ2v) is 4.53. The summed E-state index contributed by atoms with van der Waals surface area (Å²) in [5.41, 5.74) is 1.37. The first-order chi connectivity index (χ1) is 6.86. The second-order valence-electron chi connectivity index (χ2n) is 3.40. The Morgan fingerprint density at radius 2 is 2.07 bits per heavy atom. The van der Waals surface area contributed by atoms with E-state index in [9.17, 15) is 0 Å². The van der Waals surface area contributed by atoms with Gasteiger partial charge in [0.15, 0.2) is 0 Å². The Balaban J connectivity index is 2.00. The molecule has 1 fully saturated rings. The van der Waals surface area contributed by atoms with Crippen LogP contribution in [0.4, 0.5) is 0 Å². The van der Waals surface area contributed by atoms with E-state index in [2.05, 4.69) is 18.7 Å². The molecular formula is C12H14OS. The predicted molar refractivity (Wildman–Crippen MR) is 60.4 cm³/mol. The highest BCUT2D eigenvalue weighted by atomic mass is 32.2. The summed E-state index contributed by atoms with van der Waals surface area (Å²) in [6.07, 6.45) is 2.22. The van der Waals surface area contributed by atoms with E-state index in [4.69, 9.17) is 4.74 Å². The van der Waals surface area contributed by atoms with Crippen molar-refractivity contribution in [1.29, 1.82) is 0 Å². The fourth-order valence-corrected chi connectivity index (χ4v) is 2.48. The molecule has 0 spiro atoms. The molecule has 0 saturated carbocycles. The quantitative estimate of drug-likeness (QED) is 0.685. The molecule has 1 aliphatic heterocycles. The van der Waals surface area contributed by atoms with Crippen molar-refractivity contribution in [1.82, 2.24) is 0 Å². The first kappa shape index (κ1) is 9.81. The molecule has 1 aromatic rings. The molecule has 1 unspecified atom stereocenters. The van der Waals surface area contributed by atoms with Crippen molar-refractivity contribution in [2.75, 3.05) is 6.61 Å². The molecule has 1 atom stereocenters. The van der Waals surface area contributed by atoms with Gasteiger partial charge in [-0.1, -0.05) is 36.5 Å². The minimum absolute atomic E-state index is 0.158. The average Bonchev–Trinajstić information content (AvgIpc) is 2.23. The topological polar surface area (TPSA) is 9.23 Å². The van der Waals surface area contributed by atoms with Crippen LogP contribution in [0.1, 0.15) is 12.8 Å². The van der Waals surface area contributed by atoms with Crippen LogP contribution in [0.25, 0.3) is 0 Å². The van der Waals surface area contributed by atoms with E-state index >= 15 is 0 Å². The third-order valence-corrected chi connectivity index (χ3v) is 3.46. The number of hydrogen-bond donors (Lipinski definition) is 0. The summed E-state index contributed by atoms with van der Waals surface area (Å²) in [4.78, 5) is 1.25.